The van der Waals surface area contributed by atoms with Gasteiger partial charge in [0.1, 0.15) is 12.4 Å². The van der Waals surface area contributed by atoms with Crippen LogP contribution < -0.4 is 4.74 Å². The van der Waals surface area contributed by atoms with E-state index in [2.05, 4.69) is 10.2 Å². The van der Waals surface area contributed by atoms with Gasteiger partial charge in [0.15, 0.2) is 5.75 Å². The molecule has 0 bridgehead atoms. The average molecular weight is 130 g/mol. The lowest BCUT2D eigenvalue weighted by atomic mass is 10.4. The highest BCUT2D eigenvalue weighted by Gasteiger charge is 2.01. The molecule has 0 amide bonds. The van der Waals surface area contributed by atoms with Crippen LogP contribution >= 0.6 is 0 Å². The molecule has 1 rings (SSSR count). The molecule has 0 fully saturated rings. The second-order valence-electron chi connectivity index (χ2n) is 1.55. The smallest absolute Gasteiger partial charge is 0.162 e. The van der Waals surface area contributed by atoms with Gasteiger partial charge in [-0.2, -0.15) is 5.10 Å². The van der Waals surface area contributed by atoms with Gasteiger partial charge in [-0.3, -0.25) is 5.10 Å². The Bertz CT molecular complexity index is 168. The van der Waals surface area contributed by atoms with Crippen LogP contribution in [0.4, 0.5) is 4.39 Å². The Hall–Kier alpha value is -1.06. The maximum Gasteiger partial charge on any atom is 0.162 e. The predicted molar refractivity (Wildman–Crippen MR) is 30.0 cm³/mol. The molecule has 1 N–H and O–H groups in total. The maximum atomic E-state index is 11.9. The van der Waals surface area contributed by atoms with E-state index in [4.69, 9.17) is 4.74 Å². The van der Waals surface area contributed by atoms with Crippen LogP contribution in [-0.2, 0) is 6.67 Å². The van der Waals surface area contributed by atoms with Crippen LogP contribution in [0.5, 0.6) is 5.75 Å². The van der Waals surface area contributed by atoms with Crippen molar-refractivity contribution in [2.45, 2.75) is 6.67 Å². The SMILES string of the molecule is COc1cn[nH]c1CF. The predicted octanol–water partition coefficient (Wildman–Crippen LogP) is 0.888. The first kappa shape index (κ1) is 6.07. The van der Waals surface area contributed by atoms with E-state index in [9.17, 15) is 4.39 Å². The molecule has 0 aliphatic heterocycles. The number of aromatic amines is 1. The van der Waals surface area contributed by atoms with Crippen molar-refractivity contribution in [2.75, 3.05) is 7.11 Å². The summed E-state index contributed by atoms with van der Waals surface area (Å²) in [6, 6.07) is 0. The van der Waals surface area contributed by atoms with Crippen LogP contribution in [0.1, 0.15) is 5.69 Å². The van der Waals surface area contributed by atoms with Crippen LogP contribution in [0.15, 0.2) is 6.20 Å². The number of hydrogen-bond acceptors (Lipinski definition) is 2. The zero-order valence-corrected chi connectivity index (χ0v) is 5.02. The third kappa shape index (κ3) is 1.01. The molecule has 0 spiro atoms. The molecule has 3 nitrogen and oxygen atoms in total. The van der Waals surface area contributed by atoms with Gasteiger partial charge in [-0.15, -0.1) is 0 Å². The number of hydrogen-bond donors (Lipinski definition) is 1. The summed E-state index contributed by atoms with van der Waals surface area (Å²) in [6.45, 7) is -0.566. The topological polar surface area (TPSA) is 37.9 Å². The van der Waals surface area contributed by atoms with E-state index >= 15 is 0 Å². The molecule has 4 heteroatoms. The number of halogens is 1. The van der Waals surface area contributed by atoms with Crippen molar-refractivity contribution in [3.63, 3.8) is 0 Å². The summed E-state index contributed by atoms with van der Waals surface area (Å²) in [7, 11) is 1.48. The first-order chi connectivity index (χ1) is 4.38. The number of alkyl halides is 1. The largest absolute Gasteiger partial charge is 0.493 e. The highest BCUT2D eigenvalue weighted by atomic mass is 19.1. The van der Waals surface area contributed by atoms with Gasteiger partial charge in [0.05, 0.1) is 13.3 Å². The third-order valence-corrected chi connectivity index (χ3v) is 1.03. The van der Waals surface area contributed by atoms with Gasteiger partial charge < -0.3 is 4.74 Å². The normalized spacial score (nSPS) is 9.56. The molecule has 0 radical (unpaired) electrons. The Balaban J connectivity index is 2.85. The number of aromatic nitrogens is 2. The summed E-state index contributed by atoms with van der Waals surface area (Å²) in [4.78, 5) is 0. The van der Waals surface area contributed by atoms with Crippen molar-refractivity contribution in [2.24, 2.45) is 0 Å². The first-order valence-corrected chi connectivity index (χ1v) is 2.50. The minimum absolute atomic E-state index is 0.387. The minimum atomic E-state index is -0.566. The summed E-state index contributed by atoms with van der Waals surface area (Å²) < 4.78 is 16.6. The van der Waals surface area contributed by atoms with Crippen molar-refractivity contribution >= 4 is 0 Å². The summed E-state index contributed by atoms with van der Waals surface area (Å²) in [5.41, 5.74) is 0.387. The van der Waals surface area contributed by atoms with Gasteiger partial charge in [-0.1, -0.05) is 0 Å². The number of rotatable bonds is 2. The molecule has 0 aromatic carbocycles. The second kappa shape index (κ2) is 2.48. The van der Waals surface area contributed by atoms with Crippen LogP contribution in [0, 0.1) is 0 Å². The highest BCUT2D eigenvalue weighted by molar-refractivity contribution is 5.22. The number of nitrogens with zero attached hydrogens (tertiary/aromatic N) is 1. The molecule has 1 aromatic rings. The summed E-state index contributed by atoms with van der Waals surface area (Å²) in [5, 5.41) is 6.03. The zero-order valence-electron chi connectivity index (χ0n) is 5.02. The van der Waals surface area contributed by atoms with Crippen LogP contribution in [0.3, 0.4) is 0 Å². The molecule has 0 atom stereocenters. The molecule has 0 saturated heterocycles. The van der Waals surface area contributed by atoms with Crippen LogP contribution in [0.25, 0.3) is 0 Å². The number of H-pyrrole nitrogens is 1. The molecule has 50 valence electrons. The van der Waals surface area contributed by atoms with Crippen molar-refractivity contribution < 1.29 is 9.13 Å². The van der Waals surface area contributed by atoms with E-state index in [1.54, 1.807) is 0 Å². The average Bonchev–Trinajstić information content (AvgIpc) is 2.33. The Morgan fingerprint density at radius 1 is 1.89 bits per heavy atom. The Morgan fingerprint density at radius 2 is 2.67 bits per heavy atom. The molecular formula is C5H7FN2O. The summed E-state index contributed by atoms with van der Waals surface area (Å²) in [5.74, 6) is 0.470. The zero-order chi connectivity index (χ0) is 6.69. The number of nitrogens with one attached hydrogen (secondary N) is 1. The van der Waals surface area contributed by atoms with E-state index < -0.39 is 6.67 Å². The molecule has 1 aromatic heterocycles. The van der Waals surface area contributed by atoms with Crippen LogP contribution in [0.2, 0.25) is 0 Å². The Morgan fingerprint density at radius 3 is 3.11 bits per heavy atom. The van der Waals surface area contributed by atoms with E-state index in [-0.39, 0.29) is 0 Å². The molecule has 0 saturated carbocycles. The lowest BCUT2D eigenvalue weighted by Crippen LogP contribution is -1.85. The van der Waals surface area contributed by atoms with E-state index in [1.807, 2.05) is 0 Å². The standard InChI is InChI=1S/C5H7FN2O/c1-9-5-3-7-8-4(5)2-6/h3H,2H2,1H3,(H,7,8). The molecule has 9 heavy (non-hydrogen) atoms. The Labute approximate surface area is 51.8 Å². The maximum absolute atomic E-state index is 11.9. The quantitative estimate of drug-likeness (QED) is 0.645. The van der Waals surface area contributed by atoms with Gasteiger partial charge in [-0.05, 0) is 0 Å². The third-order valence-electron chi connectivity index (χ3n) is 1.03. The van der Waals surface area contributed by atoms with Crippen LogP contribution in [-0.4, -0.2) is 17.3 Å². The van der Waals surface area contributed by atoms with Gasteiger partial charge in [0.25, 0.3) is 0 Å². The fraction of sp³-hybridized carbons (Fsp3) is 0.400. The molecular weight excluding hydrogens is 123 g/mol. The minimum Gasteiger partial charge on any atom is -0.493 e. The molecule has 0 aliphatic rings. The lowest BCUT2D eigenvalue weighted by Gasteiger charge is -1.93. The van der Waals surface area contributed by atoms with Gasteiger partial charge in [-0.25, -0.2) is 4.39 Å². The van der Waals surface area contributed by atoms with Crippen molar-refractivity contribution in [3.05, 3.63) is 11.9 Å². The van der Waals surface area contributed by atoms with E-state index in [1.165, 1.54) is 13.3 Å². The molecule has 0 unspecified atom stereocenters. The summed E-state index contributed by atoms with van der Waals surface area (Å²) >= 11 is 0. The van der Waals surface area contributed by atoms with E-state index in [0.717, 1.165) is 0 Å². The fourth-order valence-corrected chi connectivity index (χ4v) is 0.573. The lowest BCUT2D eigenvalue weighted by molar-refractivity contribution is 0.393. The first-order valence-electron chi connectivity index (χ1n) is 2.50. The van der Waals surface area contributed by atoms with Crippen molar-refractivity contribution in [1.29, 1.82) is 0 Å². The van der Waals surface area contributed by atoms with E-state index in [0.29, 0.717) is 11.4 Å². The highest BCUT2D eigenvalue weighted by Crippen LogP contribution is 2.13. The van der Waals surface area contributed by atoms with Crippen molar-refractivity contribution in [3.8, 4) is 5.75 Å². The second-order valence-corrected chi connectivity index (χ2v) is 1.55. The number of methoxy groups -OCH3 is 1. The van der Waals surface area contributed by atoms with Gasteiger partial charge in [0.2, 0.25) is 0 Å². The Kier molecular flexibility index (Phi) is 1.67. The molecule has 1 heterocycles. The van der Waals surface area contributed by atoms with Gasteiger partial charge in [0, 0.05) is 0 Å². The van der Waals surface area contributed by atoms with Gasteiger partial charge >= 0.3 is 0 Å². The molecule has 0 aliphatic carbocycles. The number of ether oxygens (including phenoxy) is 1. The monoisotopic (exact) mass is 130 g/mol. The fourth-order valence-electron chi connectivity index (χ4n) is 0.573. The summed E-state index contributed by atoms with van der Waals surface area (Å²) in [6.07, 6.45) is 1.44. The van der Waals surface area contributed by atoms with Crippen molar-refractivity contribution in [1.82, 2.24) is 10.2 Å².